The van der Waals surface area contributed by atoms with Crippen LogP contribution in [0, 0.1) is 6.92 Å². The highest BCUT2D eigenvalue weighted by atomic mass is 32.2. The fourth-order valence-corrected chi connectivity index (χ4v) is 4.01. The predicted octanol–water partition coefficient (Wildman–Crippen LogP) is 2.29. The summed E-state index contributed by atoms with van der Waals surface area (Å²) in [6, 6.07) is 5.72. The molecular weight excluding hydrogens is 292 g/mol. The molecule has 3 N–H and O–H groups in total. The Morgan fingerprint density at radius 1 is 1.50 bits per heavy atom. The van der Waals surface area contributed by atoms with E-state index in [4.69, 9.17) is 5.73 Å². The molecule has 20 heavy (non-hydrogen) atoms. The lowest BCUT2D eigenvalue weighted by molar-refractivity contribution is 0.0948. The van der Waals surface area contributed by atoms with Crippen LogP contribution in [-0.4, -0.2) is 28.2 Å². The van der Waals surface area contributed by atoms with E-state index in [-0.39, 0.29) is 11.9 Å². The maximum atomic E-state index is 12.3. The predicted molar refractivity (Wildman–Crippen MR) is 86.8 cm³/mol. The average molecular weight is 310 g/mol. The SMILES string of the molecule is Cc1cccc2c(N)c(C(=O)NC(C)CS(C)=O)sc12. The third kappa shape index (κ3) is 3.02. The van der Waals surface area contributed by atoms with Crippen molar-refractivity contribution < 1.29 is 9.00 Å². The fourth-order valence-electron chi connectivity index (χ4n) is 2.13. The van der Waals surface area contributed by atoms with Gasteiger partial charge in [-0.1, -0.05) is 18.2 Å². The lowest BCUT2D eigenvalue weighted by Gasteiger charge is -2.11. The van der Waals surface area contributed by atoms with Gasteiger partial charge in [-0.25, -0.2) is 0 Å². The largest absolute Gasteiger partial charge is 0.397 e. The molecular formula is C14H18N2O2S2. The molecule has 2 aromatic rings. The summed E-state index contributed by atoms with van der Waals surface area (Å²) < 4.78 is 12.2. The Morgan fingerprint density at radius 2 is 2.20 bits per heavy atom. The summed E-state index contributed by atoms with van der Waals surface area (Å²) in [5.74, 6) is 0.247. The summed E-state index contributed by atoms with van der Waals surface area (Å²) in [6.45, 7) is 3.84. The first kappa shape index (κ1) is 15.0. The van der Waals surface area contributed by atoms with Crippen molar-refractivity contribution in [1.82, 2.24) is 5.32 Å². The van der Waals surface area contributed by atoms with E-state index >= 15 is 0 Å². The van der Waals surface area contributed by atoms with Crippen LogP contribution in [0.15, 0.2) is 18.2 Å². The minimum Gasteiger partial charge on any atom is -0.397 e. The summed E-state index contributed by atoms with van der Waals surface area (Å²) in [7, 11) is -0.935. The third-order valence-electron chi connectivity index (χ3n) is 3.02. The maximum Gasteiger partial charge on any atom is 0.263 e. The number of amides is 1. The first-order chi connectivity index (χ1) is 9.40. The fraction of sp³-hybridized carbons (Fsp3) is 0.357. The van der Waals surface area contributed by atoms with E-state index in [1.807, 2.05) is 32.0 Å². The molecule has 4 nitrogen and oxygen atoms in total. The monoisotopic (exact) mass is 310 g/mol. The molecule has 0 radical (unpaired) electrons. The smallest absolute Gasteiger partial charge is 0.263 e. The van der Waals surface area contributed by atoms with Crippen LogP contribution in [0.4, 0.5) is 5.69 Å². The highest BCUT2D eigenvalue weighted by molar-refractivity contribution is 7.84. The van der Waals surface area contributed by atoms with Crippen molar-refractivity contribution in [2.75, 3.05) is 17.7 Å². The number of thiophene rings is 1. The van der Waals surface area contributed by atoms with Gasteiger partial charge in [0.25, 0.3) is 5.91 Å². The van der Waals surface area contributed by atoms with Crippen molar-refractivity contribution in [3.8, 4) is 0 Å². The molecule has 2 atom stereocenters. The molecule has 1 amide bonds. The summed E-state index contributed by atoms with van der Waals surface area (Å²) in [5.41, 5.74) is 7.71. The van der Waals surface area contributed by atoms with Gasteiger partial charge in [0, 0.05) is 38.9 Å². The second-order valence-corrected chi connectivity index (χ2v) is 7.41. The highest BCUT2D eigenvalue weighted by Gasteiger charge is 2.18. The molecule has 0 aliphatic carbocycles. The summed E-state index contributed by atoms with van der Waals surface area (Å²) in [6.07, 6.45) is 1.62. The first-order valence-electron chi connectivity index (χ1n) is 6.28. The molecule has 1 aromatic carbocycles. The van der Waals surface area contributed by atoms with Crippen LogP contribution in [0.2, 0.25) is 0 Å². The van der Waals surface area contributed by atoms with Gasteiger partial charge >= 0.3 is 0 Å². The number of benzene rings is 1. The van der Waals surface area contributed by atoms with Gasteiger partial charge in [-0.2, -0.15) is 0 Å². The lowest BCUT2D eigenvalue weighted by Crippen LogP contribution is -2.36. The van der Waals surface area contributed by atoms with Crippen molar-refractivity contribution in [3.05, 3.63) is 28.6 Å². The van der Waals surface area contributed by atoms with Gasteiger partial charge in [0.1, 0.15) is 4.88 Å². The number of nitrogen functional groups attached to an aromatic ring is 1. The quantitative estimate of drug-likeness (QED) is 0.910. The van der Waals surface area contributed by atoms with Crippen LogP contribution in [0.3, 0.4) is 0 Å². The van der Waals surface area contributed by atoms with Gasteiger partial charge in [0.15, 0.2) is 0 Å². The van der Waals surface area contributed by atoms with Crippen LogP contribution in [0.5, 0.6) is 0 Å². The molecule has 2 rings (SSSR count). The number of carbonyl (C=O) groups excluding carboxylic acids is 1. The Bertz CT molecular complexity index is 679. The Hall–Kier alpha value is -1.40. The molecule has 0 saturated heterocycles. The molecule has 0 aliphatic heterocycles. The lowest BCUT2D eigenvalue weighted by atomic mass is 10.1. The Labute approximate surface area is 124 Å². The van der Waals surface area contributed by atoms with Gasteiger partial charge < -0.3 is 11.1 Å². The van der Waals surface area contributed by atoms with Crippen LogP contribution in [0.25, 0.3) is 10.1 Å². The number of aryl methyl sites for hydroxylation is 1. The maximum absolute atomic E-state index is 12.3. The number of fused-ring (bicyclic) bond motifs is 1. The normalized spacial score (nSPS) is 14.2. The number of hydrogen-bond acceptors (Lipinski definition) is 4. The number of carbonyl (C=O) groups is 1. The van der Waals surface area contributed by atoms with Crippen LogP contribution < -0.4 is 11.1 Å². The Morgan fingerprint density at radius 3 is 2.80 bits per heavy atom. The van der Waals surface area contributed by atoms with Crippen molar-refractivity contribution in [1.29, 1.82) is 0 Å². The van der Waals surface area contributed by atoms with Gasteiger partial charge in [-0.3, -0.25) is 9.00 Å². The van der Waals surface area contributed by atoms with E-state index in [1.165, 1.54) is 11.3 Å². The molecule has 0 saturated carbocycles. The second kappa shape index (κ2) is 5.93. The zero-order valence-electron chi connectivity index (χ0n) is 11.7. The first-order valence-corrected chi connectivity index (χ1v) is 8.83. The molecule has 0 fully saturated rings. The molecule has 0 spiro atoms. The summed E-state index contributed by atoms with van der Waals surface area (Å²) in [5, 5.41) is 3.77. The van der Waals surface area contributed by atoms with E-state index in [0.29, 0.717) is 16.3 Å². The van der Waals surface area contributed by atoms with Gasteiger partial charge in [-0.15, -0.1) is 11.3 Å². The number of anilines is 1. The van der Waals surface area contributed by atoms with Crippen molar-refractivity contribution in [2.24, 2.45) is 0 Å². The third-order valence-corrected chi connectivity index (χ3v) is 5.34. The standard InChI is InChI=1S/C14H18N2O2S2/c1-8-5-4-6-10-11(15)13(19-12(8)10)14(17)16-9(2)7-20(3)18/h4-6,9H,7,15H2,1-3H3,(H,16,17). The minimum atomic E-state index is -0.935. The molecule has 0 aliphatic rings. The van der Waals surface area contributed by atoms with Crippen LogP contribution >= 0.6 is 11.3 Å². The van der Waals surface area contributed by atoms with E-state index in [9.17, 15) is 9.00 Å². The molecule has 1 heterocycles. The minimum absolute atomic E-state index is 0.140. The van der Waals surface area contributed by atoms with Gasteiger partial charge in [0.2, 0.25) is 0 Å². The Kier molecular flexibility index (Phi) is 4.45. The van der Waals surface area contributed by atoms with E-state index in [0.717, 1.165) is 15.6 Å². The number of hydrogen-bond donors (Lipinski definition) is 2. The number of nitrogens with one attached hydrogen (secondary N) is 1. The zero-order chi connectivity index (χ0) is 14.9. The Balaban J connectivity index is 2.29. The summed E-state index contributed by atoms with van der Waals surface area (Å²) in [4.78, 5) is 12.8. The van der Waals surface area contributed by atoms with Crippen LogP contribution in [0.1, 0.15) is 22.2 Å². The molecule has 108 valence electrons. The van der Waals surface area contributed by atoms with Gasteiger partial charge in [-0.05, 0) is 19.4 Å². The molecule has 2 unspecified atom stereocenters. The molecule has 1 aromatic heterocycles. The number of nitrogens with two attached hydrogens (primary N) is 1. The highest BCUT2D eigenvalue weighted by Crippen LogP contribution is 2.35. The topological polar surface area (TPSA) is 72.2 Å². The summed E-state index contributed by atoms with van der Waals surface area (Å²) >= 11 is 1.41. The average Bonchev–Trinajstić information content (AvgIpc) is 2.67. The molecule has 6 heteroatoms. The molecule has 0 bridgehead atoms. The zero-order valence-corrected chi connectivity index (χ0v) is 13.4. The van der Waals surface area contributed by atoms with E-state index in [1.54, 1.807) is 6.26 Å². The van der Waals surface area contributed by atoms with Crippen molar-refractivity contribution in [2.45, 2.75) is 19.9 Å². The van der Waals surface area contributed by atoms with E-state index in [2.05, 4.69) is 5.32 Å². The van der Waals surface area contributed by atoms with Gasteiger partial charge in [0.05, 0.1) is 5.69 Å². The van der Waals surface area contributed by atoms with E-state index < -0.39 is 10.8 Å². The van der Waals surface area contributed by atoms with Crippen LogP contribution in [-0.2, 0) is 10.8 Å². The number of rotatable bonds is 4. The van der Waals surface area contributed by atoms with Crippen molar-refractivity contribution >= 4 is 43.8 Å². The second-order valence-electron chi connectivity index (χ2n) is 4.91. The van der Waals surface area contributed by atoms with Crippen molar-refractivity contribution in [3.63, 3.8) is 0 Å².